The van der Waals surface area contributed by atoms with E-state index in [0.29, 0.717) is 16.7 Å². The molecule has 2 rings (SSSR count). The summed E-state index contributed by atoms with van der Waals surface area (Å²) in [5.74, 6) is 0.383. The SMILES string of the molecule is NCC(O)COc1ccc([N+](=O)[O-])c2cccnc12. The number of benzene rings is 1. The summed E-state index contributed by atoms with van der Waals surface area (Å²) >= 11 is 0. The molecule has 0 saturated heterocycles. The number of aliphatic hydroxyl groups is 1. The highest BCUT2D eigenvalue weighted by Crippen LogP contribution is 2.31. The maximum Gasteiger partial charge on any atom is 0.279 e. The molecule has 0 aliphatic carbocycles. The van der Waals surface area contributed by atoms with Crippen LogP contribution >= 0.6 is 0 Å². The van der Waals surface area contributed by atoms with E-state index < -0.39 is 11.0 Å². The van der Waals surface area contributed by atoms with Gasteiger partial charge in [0.25, 0.3) is 5.69 Å². The third-order valence-corrected chi connectivity index (χ3v) is 2.61. The van der Waals surface area contributed by atoms with E-state index in [4.69, 9.17) is 10.5 Å². The van der Waals surface area contributed by atoms with Crippen LogP contribution in [-0.2, 0) is 0 Å². The number of aromatic nitrogens is 1. The molecule has 1 atom stereocenters. The van der Waals surface area contributed by atoms with Crippen molar-refractivity contribution >= 4 is 16.6 Å². The lowest BCUT2D eigenvalue weighted by Crippen LogP contribution is -2.26. The Kier molecular flexibility index (Phi) is 3.88. The number of nitrogens with two attached hydrogens (primary N) is 1. The number of non-ortho nitro benzene ring substituents is 1. The van der Waals surface area contributed by atoms with E-state index in [1.165, 1.54) is 18.3 Å². The van der Waals surface area contributed by atoms with Crippen molar-refractivity contribution in [2.24, 2.45) is 5.73 Å². The molecule has 0 amide bonds. The van der Waals surface area contributed by atoms with Gasteiger partial charge in [0.2, 0.25) is 0 Å². The van der Waals surface area contributed by atoms with E-state index in [1.54, 1.807) is 12.1 Å². The average Bonchev–Trinajstić information content (AvgIpc) is 2.43. The summed E-state index contributed by atoms with van der Waals surface area (Å²) in [7, 11) is 0. The molecule has 1 aromatic carbocycles. The van der Waals surface area contributed by atoms with E-state index in [2.05, 4.69) is 4.98 Å². The minimum atomic E-state index is -0.783. The zero-order valence-corrected chi connectivity index (χ0v) is 10.0. The smallest absolute Gasteiger partial charge is 0.279 e. The predicted octanol–water partition coefficient (Wildman–Crippen LogP) is 0.841. The van der Waals surface area contributed by atoms with Gasteiger partial charge < -0.3 is 15.6 Å². The number of nitro benzene ring substituents is 1. The molecule has 3 N–H and O–H groups in total. The predicted molar refractivity (Wildman–Crippen MR) is 69.0 cm³/mol. The Bertz CT molecular complexity index is 603. The maximum atomic E-state index is 10.9. The highest BCUT2D eigenvalue weighted by molar-refractivity contribution is 5.92. The fourth-order valence-corrected chi connectivity index (χ4v) is 1.66. The number of fused-ring (bicyclic) bond motifs is 1. The molecule has 0 spiro atoms. The molecule has 0 bridgehead atoms. The van der Waals surface area contributed by atoms with Gasteiger partial charge in [0.1, 0.15) is 24.0 Å². The molecule has 1 aromatic heterocycles. The van der Waals surface area contributed by atoms with E-state index >= 15 is 0 Å². The largest absolute Gasteiger partial charge is 0.489 e. The second-order valence-corrected chi connectivity index (χ2v) is 3.94. The van der Waals surface area contributed by atoms with Gasteiger partial charge in [-0.2, -0.15) is 0 Å². The van der Waals surface area contributed by atoms with Gasteiger partial charge in [-0.3, -0.25) is 15.1 Å². The van der Waals surface area contributed by atoms with Crippen molar-refractivity contribution in [3.8, 4) is 5.75 Å². The highest BCUT2D eigenvalue weighted by Gasteiger charge is 2.16. The number of hydrogen-bond acceptors (Lipinski definition) is 6. The molecule has 1 unspecified atom stereocenters. The Labute approximate surface area is 108 Å². The molecule has 2 aromatic rings. The van der Waals surface area contributed by atoms with Crippen LogP contribution in [0, 0.1) is 10.1 Å². The Balaban J connectivity index is 2.41. The van der Waals surface area contributed by atoms with Crippen LogP contribution in [0.5, 0.6) is 5.75 Å². The quantitative estimate of drug-likeness (QED) is 0.610. The summed E-state index contributed by atoms with van der Waals surface area (Å²) in [4.78, 5) is 14.5. The second kappa shape index (κ2) is 5.59. The number of pyridine rings is 1. The van der Waals surface area contributed by atoms with Crippen molar-refractivity contribution in [2.75, 3.05) is 13.2 Å². The summed E-state index contributed by atoms with van der Waals surface area (Å²) in [6.45, 7) is 0.0956. The van der Waals surface area contributed by atoms with Crippen LogP contribution in [-0.4, -0.2) is 34.3 Å². The van der Waals surface area contributed by atoms with Gasteiger partial charge >= 0.3 is 0 Å². The Morgan fingerprint density at radius 2 is 2.26 bits per heavy atom. The Morgan fingerprint density at radius 3 is 2.95 bits per heavy atom. The normalized spacial score (nSPS) is 12.3. The number of nitrogens with zero attached hydrogens (tertiary/aromatic N) is 2. The summed E-state index contributed by atoms with van der Waals surface area (Å²) in [6.07, 6.45) is 0.743. The van der Waals surface area contributed by atoms with Crippen molar-refractivity contribution in [3.05, 3.63) is 40.6 Å². The number of ether oxygens (including phenoxy) is 1. The second-order valence-electron chi connectivity index (χ2n) is 3.94. The molecule has 100 valence electrons. The van der Waals surface area contributed by atoms with E-state index in [1.807, 2.05) is 0 Å². The zero-order valence-electron chi connectivity index (χ0n) is 10.0. The molecular formula is C12H13N3O4. The lowest BCUT2D eigenvalue weighted by molar-refractivity contribution is -0.383. The van der Waals surface area contributed by atoms with E-state index in [0.717, 1.165) is 0 Å². The summed E-state index contributed by atoms with van der Waals surface area (Å²) in [5.41, 5.74) is 5.63. The number of hydrogen-bond donors (Lipinski definition) is 2. The van der Waals surface area contributed by atoms with Crippen LogP contribution < -0.4 is 10.5 Å². The molecule has 1 heterocycles. The van der Waals surface area contributed by atoms with Crippen molar-refractivity contribution in [3.63, 3.8) is 0 Å². The molecule has 7 heteroatoms. The first-order valence-electron chi connectivity index (χ1n) is 5.66. The van der Waals surface area contributed by atoms with Crippen molar-refractivity contribution < 1.29 is 14.8 Å². The first-order chi connectivity index (χ1) is 9.13. The summed E-state index contributed by atoms with van der Waals surface area (Å²) in [5, 5.41) is 20.7. The molecule has 0 radical (unpaired) electrons. The maximum absolute atomic E-state index is 10.9. The van der Waals surface area contributed by atoms with Gasteiger partial charge in [-0.1, -0.05) is 0 Å². The van der Waals surface area contributed by atoms with Crippen LogP contribution in [0.4, 0.5) is 5.69 Å². The van der Waals surface area contributed by atoms with Gasteiger partial charge in [-0.15, -0.1) is 0 Å². The highest BCUT2D eigenvalue weighted by atomic mass is 16.6. The minimum absolute atomic E-state index is 0.0139. The van der Waals surface area contributed by atoms with Crippen molar-refractivity contribution in [1.82, 2.24) is 4.98 Å². The van der Waals surface area contributed by atoms with Crippen LogP contribution in [0.15, 0.2) is 30.5 Å². The number of rotatable bonds is 5. The average molecular weight is 263 g/mol. The zero-order chi connectivity index (χ0) is 13.8. The van der Waals surface area contributed by atoms with Crippen LogP contribution in [0.2, 0.25) is 0 Å². The van der Waals surface area contributed by atoms with Gasteiger partial charge in [-0.05, 0) is 18.2 Å². The third kappa shape index (κ3) is 2.78. The lowest BCUT2D eigenvalue weighted by Gasteiger charge is -2.11. The Morgan fingerprint density at radius 1 is 1.47 bits per heavy atom. The van der Waals surface area contributed by atoms with Crippen molar-refractivity contribution in [2.45, 2.75) is 6.10 Å². The van der Waals surface area contributed by atoms with Gasteiger partial charge in [0, 0.05) is 18.8 Å². The number of aliphatic hydroxyl groups excluding tert-OH is 1. The Hall–Kier alpha value is -2.25. The molecular weight excluding hydrogens is 250 g/mol. The fraction of sp³-hybridized carbons (Fsp3) is 0.250. The standard InChI is InChI=1S/C12H13N3O4/c13-6-8(16)7-19-11-4-3-10(15(17)18)9-2-1-5-14-12(9)11/h1-5,8,16H,6-7,13H2. The molecule has 7 nitrogen and oxygen atoms in total. The number of nitro groups is 1. The van der Waals surface area contributed by atoms with Crippen LogP contribution in [0.25, 0.3) is 10.9 Å². The van der Waals surface area contributed by atoms with E-state index in [-0.39, 0.29) is 18.8 Å². The van der Waals surface area contributed by atoms with Gasteiger partial charge in [0.05, 0.1) is 10.3 Å². The minimum Gasteiger partial charge on any atom is -0.489 e. The van der Waals surface area contributed by atoms with E-state index in [9.17, 15) is 15.2 Å². The van der Waals surface area contributed by atoms with Crippen LogP contribution in [0.3, 0.4) is 0 Å². The first kappa shape index (κ1) is 13.2. The summed E-state index contributed by atoms with van der Waals surface area (Å²) in [6, 6.07) is 6.05. The molecule has 0 fully saturated rings. The van der Waals surface area contributed by atoms with Crippen LogP contribution in [0.1, 0.15) is 0 Å². The summed E-state index contributed by atoms with van der Waals surface area (Å²) < 4.78 is 5.39. The first-order valence-corrected chi connectivity index (χ1v) is 5.66. The molecule has 0 aliphatic rings. The third-order valence-electron chi connectivity index (χ3n) is 2.61. The lowest BCUT2D eigenvalue weighted by atomic mass is 10.1. The van der Waals surface area contributed by atoms with Crippen molar-refractivity contribution in [1.29, 1.82) is 0 Å². The topological polar surface area (TPSA) is 112 Å². The molecule has 19 heavy (non-hydrogen) atoms. The fourth-order valence-electron chi connectivity index (χ4n) is 1.66. The van der Waals surface area contributed by atoms with Gasteiger partial charge in [0.15, 0.2) is 0 Å². The van der Waals surface area contributed by atoms with Gasteiger partial charge in [-0.25, -0.2) is 0 Å². The molecule has 0 saturated carbocycles. The molecule has 0 aliphatic heterocycles. The monoisotopic (exact) mass is 263 g/mol.